The van der Waals surface area contributed by atoms with Crippen LogP contribution < -0.4 is 5.32 Å². The van der Waals surface area contributed by atoms with Gasteiger partial charge in [0, 0.05) is 28.6 Å². The number of hydrogen-bond acceptors (Lipinski definition) is 2. The molecular formula is C13H20Br2N2. The highest BCUT2D eigenvalue weighted by molar-refractivity contribution is 9.11. The van der Waals surface area contributed by atoms with E-state index in [2.05, 4.69) is 68.1 Å². The smallest absolute Gasteiger partial charge is 0.0221 e. The summed E-state index contributed by atoms with van der Waals surface area (Å²) in [5, 5.41) is 3.48. The monoisotopic (exact) mass is 362 g/mol. The van der Waals surface area contributed by atoms with Gasteiger partial charge in [0.2, 0.25) is 0 Å². The molecule has 0 aliphatic heterocycles. The minimum atomic E-state index is 0.904. The molecule has 0 fully saturated rings. The largest absolute Gasteiger partial charge is 0.311 e. The molecule has 0 aliphatic rings. The van der Waals surface area contributed by atoms with E-state index in [4.69, 9.17) is 0 Å². The molecule has 0 bridgehead atoms. The Bertz CT molecular complexity index is 338. The Labute approximate surface area is 121 Å². The van der Waals surface area contributed by atoms with E-state index in [1.54, 1.807) is 0 Å². The highest BCUT2D eigenvalue weighted by atomic mass is 79.9. The number of nitrogens with zero attached hydrogens (tertiary/aromatic N) is 1. The van der Waals surface area contributed by atoms with Gasteiger partial charge in [0.15, 0.2) is 0 Å². The van der Waals surface area contributed by atoms with Crippen molar-refractivity contribution >= 4 is 31.9 Å². The maximum Gasteiger partial charge on any atom is 0.0221 e. The zero-order valence-electron chi connectivity index (χ0n) is 10.5. The second-order valence-electron chi connectivity index (χ2n) is 3.94. The normalized spacial score (nSPS) is 11.1. The molecule has 4 heteroatoms. The maximum absolute atomic E-state index is 3.57. The molecule has 0 unspecified atom stereocenters. The zero-order valence-corrected chi connectivity index (χ0v) is 13.6. The molecule has 0 atom stereocenters. The van der Waals surface area contributed by atoms with E-state index in [0.29, 0.717) is 0 Å². The molecule has 1 N–H and O–H groups in total. The van der Waals surface area contributed by atoms with Crippen molar-refractivity contribution in [3.8, 4) is 0 Å². The van der Waals surface area contributed by atoms with E-state index in [1.807, 2.05) is 6.07 Å². The Morgan fingerprint density at radius 3 is 2.53 bits per heavy atom. The van der Waals surface area contributed by atoms with E-state index in [0.717, 1.165) is 41.7 Å². The predicted molar refractivity (Wildman–Crippen MR) is 81.3 cm³/mol. The van der Waals surface area contributed by atoms with Gasteiger partial charge in [0.25, 0.3) is 0 Å². The van der Waals surface area contributed by atoms with E-state index in [9.17, 15) is 0 Å². The number of rotatable bonds is 7. The molecule has 17 heavy (non-hydrogen) atoms. The van der Waals surface area contributed by atoms with Crippen molar-refractivity contribution in [2.24, 2.45) is 0 Å². The van der Waals surface area contributed by atoms with Crippen molar-refractivity contribution in [3.05, 3.63) is 32.7 Å². The summed E-state index contributed by atoms with van der Waals surface area (Å²) in [6.45, 7) is 9.70. The molecular weight excluding hydrogens is 344 g/mol. The summed E-state index contributed by atoms with van der Waals surface area (Å²) in [6, 6.07) is 6.27. The molecule has 0 amide bonds. The Hall–Kier alpha value is 0.1000. The highest BCUT2D eigenvalue weighted by Crippen LogP contribution is 2.21. The molecule has 2 nitrogen and oxygen atoms in total. The van der Waals surface area contributed by atoms with Gasteiger partial charge >= 0.3 is 0 Å². The fourth-order valence-electron chi connectivity index (χ4n) is 1.68. The topological polar surface area (TPSA) is 15.3 Å². The summed E-state index contributed by atoms with van der Waals surface area (Å²) in [4.78, 5) is 2.42. The van der Waals surface area contributed by atoms with E-state index >= 15 is 0 Å². The standard InChI is InChI=1S/C13H20Br2N2/c1-3-17(4-2)8-7-16-10-11-9-12(14)5-6-13(11)15/h5-6,9,16H,3-4,7-8,10H2,1-2H3. The molecule has 0 saturated carbocycles. The first-order chi connectivity index (χ1) is 8.17. The molecule has 0 aliphatic carbocycles. The lowest BCUT2D eigenvalue weighted by molar-refractivity contribution is 0.302. The summed E-state index contributed by atoms with van der Waals surface area (Å²) < 4.78 is 2.29. The predicted octanol–water partition coefficient (Wildman–Crippen LogP) is 3.64. The number of nitrogens with one attached hydrogen (secondary N) is 1. The average molecular weight is 364 g/mol. The first-order valence-electron chi connectivity index (χ1n) is 6.04. The summed E-state index contributed by atoms with van der Waals surface area (Å²) in [7, 11) is 0. The zero-order chi connectivity index (χ0) is 12.7. The molecule has 0 saturated heterocycles. The van der Waals surface area contributed by atoms with Gasteiger partial charge in [-0.15, -0.1) is 0 Å². The molecule has 96 valence electrons. The summed E-state index contributed by atoms with van der Waals surface area (Å²) in [5.41, 5.74) is 1.29. The van der Waals surface area contributed by atoms with Crippen LogP contribution in [0.1, 0.15) is 19.4 Å². The second-order valence-corrected chi connectivity index (χ2v) is 5.71. The lowest BCUT2D eigenvalue weighted by Gasteiger charge is -2.18. The first kappa shape index (κ1) is 15.2. The van der Waals surface area contributed by atoms with E-state index in [-0.39, 0.29) is 0 Å². The van der Waals surface area contributed by atoms with Crippen LogP contribution in [0, 0.1) is 0 Å². The minimum Gasteiger partial charge on any atom is -0.311 e. The minimum absolute atomic E-state index is 0.904. The van der Waals surface area contributed by atoms with Gasteiger partial charge in [0.1, 0.15) is 0 Å². The molecule has 0 aromatic heterocycles. The Morgan fingerprint density at radius 2 is 1.88 bits per heavy atom. The van der Waals surface area contributed by atoms with Gasteiger partial charge in [-0.25, -0.2) is 0 Å². The third kappa shape index (κ3) is 5.51. The van der Waals surface area contributed by atoms with Crippen LogP contribution in [0.15, 0.2) is 27.1 Å². The number of benzene rings is 1. The van der Waals surface area contributed by atoms with Gasteiger partial charge < -0.3 is 10.2 Å². The fourth-order valence-corrected chi connectivity index (χ4v) is 2.47. The van der Waals surface area contributed by atoms with Crippen LogP contribution in [-0.2, 0) is 6.54 Å². The van der Waals surface area contributed by atoms with Crippen molar-refractivity contribution < 1.29 is 0 Å². The molecule has 0 spiro atoms. The Kier molecular flexibility index (Phi) is 7.35. The molecule has 0 radical (unpaired) electrons. The van der Waals surface area contributed by atoms with Crippen LogP contribution in [0.4, 0.5) is 0 Å². The number of hydrogen-bond donors (Lipinski definition) is 1. The molecule has 1 aromatic rings. The highest BCUT2D eigenvalue weighted by Gasteiger charge is 2.01. The molecule has 1 aromatic carbocycles. The summed E-state index contributed by atoms with van der Waals surface area (Å²) in [6.07, 6.45) is 0. The van der Waals surface area contributed by atoms with Gasteiger partial charge in [-0.1, -0.05) is 45.7 Å². The van der Waals surface area contributed by atoms with E-state index < -0.39 is 0 Å². The Morgan fingerprint density at radius 1 is 1.18 bits per heavy atom. The van der Waals surface area contributed by atoms with Gasteiger partial charge in [-0.2, -0.15) is 0 Å². The van der Waals surface area contributed by atoms with Crippen molar-refractivity contribution in [1.82, 2.24) is 10.2 Å². The summed E-state index contributed by atoms with van der Waals surface area (Å²) >= 11 is 7.06. The van der Waals surface area contributed by atoms with Crippen molar-refractivity contribution in [2.75, 3.05) is 26.2 Å². The van der Waals surface area contributed by atoms with Gasteiger partial charge in [0.05, 0.1) is 0 Å². The third-order valence-corrected chi connectivity index (χ3v) is 4.09. The van der Waals surface area contributed by atoms with Crippen LogP contribution in [0.2, 0.25) is 0 Å². The van der Waals surface area contributed by atoms with Crippen LogP contribution >= 0.6 is 31.9 Å². The maximum atomic E-state index is 3.57. The van der Waals surface area contributed by atoms with Crippen molar-refractivity contribution in [2.45, 2.75) is 20.4 Å². The van der Waals surface area contributed by atoms with Crippen LogP contribution in [0.25, 0.3) is 0 Å². The van der Waals surface area contributed by atoms with Gasteiger partial charge in [-0.3, -0.25) is 0 Å². The van der Waals surface area contributed by atoms with Crippen molar-refractivity contribution in [3.63, 3.8) is 0 Å². The first-order valence-corrected chi connectivity index (χ1v) is 7.63. The van der Waals surface area contributed by atoms with Crippen molar-refractivity contribution in [1.29, 1.82) is 0 Å². The second kappa shape index (κ2) is 8.25. The fraction of sp³-hybridized carbons (Fsp3) is 0.538. The lowest BCUT2D eigenvalue weighted by atomic mass is 10.2. The Balaban J connectivity index is 2.33. The number of likely N-dealkylation sites (N-methyl/N-ethyl adjacent to an activating group) is 1. The third-order valence-electron chi connectivity index (χ3n) is 2.82. The van der Waals surface area contributed by atoms with Gasteiger partial charge in [-0.05, 0) is 36.9 Å². The van der Waals surface area contributed by atoms with Crippen LogP contribution in [0.5, 0.6) is 0 Å². The SMILES string of the molecule is CCN(CC)CCNCc1cc(Br)ccc1Br. The quantitative estimate of drug-likeness (QED) is 0.744. The van der Waals surface area contributed by atoms with E-state index in [1.165, 1.54) is 5.56 Å². The van der Waals surface area contributed by atoms with Crippen LogP contribution in [0.3, 0.4) is 0 Å². The average Bonchev–Trinajstić information content (AvgIpc) is 2.33. The lowest BCUT2D eigenvalue weighted by Crippen LogP contribution is -2.31. The summed E-state index contributed by atoms with van der Waals surface area (Å²) in [5.74, 6) is 0. The van der Waals surface area contributed by atoms with Crippen LogP contribution in [-0.4, -0.2) is 31.1 Å². The number of halogens is 2. The molecule has 0 heterocycles. The molecule has 1 rings (SSSR count).